The van der Waals surface area contributed by atoms with Crippen molar-refractivity contribution in [3.63, 3.8) is 0 Å². The molecule has 4 nitrogen and oxygen atoms in total. The third kappa shape index (κ3) is 6.25. The minimum Gasteiger partial charge on any atom is -0.493 e. The normalized spacial score (nSPS) is 11.2. The van der Waals surface area contributed by atoms with Gasteiger partial charge in [0.25, 0.3) is 0 Å². The summed E-state index contributed by atoms with van der Waals surface area (Å²) in [5, 5.41) is 11.9. The molecule has 0 radical (unpaired) electrons. The van der Waals surface area contributed by atoms with Crippen molar-refractivity contribution in [2.75, 3.05) is 19.8 Å². The van der Waals surface area contributed by atoms with Crippen molar-refractivity contribution in [3.8, 4) is 5.75 Å². The number of nitrogens with one attached hydrogen (secondary N) is 1. The molecule has 0 bridgehead atoms. The smallest absolute Gasteiger partial charge is 0.223 e. The van der Waals surface area contributed by atoms with Gasteiger partial charge in [-0.05, 0) is 24.6 Å². The molecule has 0 saturated heterocycles. The Labute approximate surface area is 114 Å². The summed E-state index contributed by atoms with van der Waals surface area (Å²) in [5.74, 6) is 0.720. The summed E-state index contributed by atoms with van der Waals surface area (Å²) < 4.78 is 5.51. The van der Waals surface area contributed by atoms with Crippen LogP contribution in [0.1, 0.15) is 25.8 Å². The van der Waals surface area contributed by atoms with E-state index in [0.29, 0.717) is 19.6 Å². The second-order valence-electron chi connectivity index (χ2n) is 5.51. The zero-order valence-corrected chi connectivity index (χ0v) is 11.9. The number of carbonyl (C=O) groups is 1. The molecule has 1 rings (SSSR count). The Balaban J connectivity index is 2.24. The fraction of sp³-hybridized carbons (Fsp3) is 0.533. The van der Waals surface area contributed by atoms with Gasteiger partial charge in [0.2, 0.25) is 5.91 Å². The van der Waals surface area contributed by atoms with Crippen molar-refractivity contribution >= 4 is 5.91 Å². The van der Waals surface area contributed by atoms with Crippen LogP contribution in [0, 0.1) is 12.3 Å². The van der Waals surface area contributed by atoms with Gasteiger partial charge in [0.1, 0.15) is 5.75 Å². The van der Waals surface area contributed by atoms with Crippen LogP contribution in [0.4, 0.5) is 0 Å². The Morgan fingerprint density at radius 2 is 2.16 bits per heavy atom. The lowest BCUT2D eigenvalue weighted by atomic mass is 9.95. The van der Waals surface area contributed by atoms with Crippen LogP contribution < -0.4 is 10.1 Å². The first-order chi connectivity index (χ1) is 8.93. The van der Waals surface area contributed by atoms with E-state index in [0.717, 1.165) is 11.3 Å². The molecule has 0 fully saturated rings. The van der Waals surface area contributed by atoms with E-state index in [4.69, 9.17) is 9.84 Å². The molecule has 106 valence electrons. The van der Waals surface area contributed by atoms with Crippen LogP contribution in [-0.4, -0.2) is 30.8 Å². The summed E-state index contributed by atoms with van der Waals surface area (Å²) in [6.45, 7) is 6.66. The SMILES string of the molecule is Cc1cccc(OCCC(=O)NCC(C)(C)CO)c1. The van der Waals surface area contributed by atoms with E-state index < -0.39 is 0 Å². The van der Waals surface area contributed by atoms with Gasteiger partial charge in [-0.1, -0.05) is 26.0 Å². The number of aliphatic hydroxyl groups is 1. The lowest BCUT2D eigenvalue weighted by Gasteiger charge is -2.21. The highest BCUT2D eigenvalue weighted by Crippen LogP contribution is 2.13. The fourth-order valence-electron chi connectivity index (χ4n) is 1.45. The second-order valence-corrected chi connectivity index (χ2v) is 5.51. The van der Waals surface area contributed by atoms with Crippen molar-refractivity contribution in [2.24, 2.45) is 5.41 Å². The van der Waals surface area contributed by atoms with Gasteiger partial charge >= 0.3 is 0 Å². The fourth-order valence-corrected chi connectivity index (χ4v) is 1.45. The zero-order valence-electron chi connectivity index (χ0n) is 11.9. The number of carbonyl (C=O) groups excluding carboxylic acids is 1. The van der Waals surface area contributed by atoms with Gasteiger partial charge in [0.15, 0.2) is 0 Å². The van der Waals surface area contributed by atoms with E-state index in [9.17, 15) is 4.79 Å². The molecule has 0 aliphatic carbocycles. The minimum absolute atomic E-state index is 0.0487. The number of benzene rings is 1. The topological polar surface area (TPSA) is 58.6 Å². The molecule has 0 unspecified atom stereocenters. The first-order valence-corrected chi connectivity index (χ1v) is 6.50. The maximum absolute atomic E-state index is 11.6. The minimum atomic E-state index is -0.285. The highest BCUT2D eigenvalue weighted by molar-refractivity contribution is 5.76. The Kier molecular flexibility index (Phi) is 5.83. The van der Waals surface area contributed by atoms with E-state index >= 15 is 0 Å². The van der Waals surface area contributed by atoms with E-state index in [2.05, 4.69) is 5.32 Å². The van der Waals surface area contributed by atoms with E-state index in [1.807, 2.05) is 45.0 Å². The quantitative estimate of drug-likeness (QED) is 0.791. The summed E-state index contributed by atoms with van der Waals surface area (Å²) in [4.78, 5) is 11.6. The zero-order chi connectivity index (χ0) is 14.3. The molecule has 0 spiro atoms. The van der Waals surface area contributed by atoms with E-state index in [1.54, 1.807) is 0 Å². The predicted molar refractivity (Wildman–Crippen MR) is 75.2 cm³/mol. The van der Waals surface area contributed by atoms with Crippen LogP contribution in [0.3, 0.4) is 0 Å². The van der Waals surface area contributed by atoms with E-state index in [-0.39, 0.29) is 17.9 Å². The van der Waals surface area contributed by atoms with Crippen LogP contribution in [0.5, 0.6) is 5.75 Å². The first-order valence-electron chi connectivity index (χ1n) is 6.50. The van der Waals surface area contributed by atoms with Gasteiger partial charge in [0.05, 0.1) is 13.0 Å². The molecule has 2 N–H and O–H groups in total. The number of ether oxygens (including phenoxy) is 1. The molecule has 4 heteroatoms. The molecule has 19 heavy (non-hydrogen) atoms. The van der Waals surface area contributed by atoms with Gasteiger partial charge in [-0.15, -0.1) is 0 Å². The average molecular weight is 265 g/mol. The van der Waals surface area contributed by atoms with Crippen LogP contribution in [0.2, 0.25) is 0 Å². The average Bonchev–Trinajstić information content (AvgIpc) is 2.37. The Bertz CT molecular complexity index is 416. The Hall–Kier alpha value is -1.55. The van der Waals surface area contributed by atoms with Crippen LogP contribution in [0.25, 0.3) is 0 Å². The van der Waals surface area contributed by atoms with Gasteiger partial charge in [0, 0.05) is 18.6 Å². The highest BCUT2D eigenvalue weighted by Gasteiger charge is 2.17. The lowest BCUT2D eigenvalue weighted by Crippen LogP contribution is -2.36. The molecule has 1 aromatic rings. The summed E-state index contributed by atoms with van der Waals surface area (Å²) in [5.41, 5.74) is 0.846. The summed E-state index contributed by atoms with van der Waals surface area (Å²) in [7, 11) is 0. The van der Waals surface area contributed by atoms with Crippen molar-refractivity contribution in [1.29, 1.82) is 0 Å². The van der Waals surface area contributed by atoms with Gasteiger partial charge < -0.3 is 15.2 Å². The van der Waals surface area contributed by atoms with Crippen molar-refractivity contribution in [1.82, 2.24) is 5.32 Å². The molecule has 1 amide bonds. The van der Waals surface area contributed by atoms with Crippen LogP contribution in [0.15, 0.2) is 24.3 Å². The lowest BCUT2D eigenvalue weighted by molar-refractivity contribution is -0.122. The second kappa shape index (κ2) is 7.14. The third-order valence-corrected chi connectivity index (χ3v) is 2.78. The largest absolute Gasteiger partial charge is 0.493 e. The third-order valence-electron chi connectivity index (χ3n) is 2.78. The standard InChI is InChI=1S/C15H23NO3/c1-12-5-4-6-13(9-12)19-8-7-14(18)16-10-15(2,3)11-17/h4-6,9,17H,7-8,10-11H2,1-3H3,(H,16,18). The van der Waals surface area contributed by atoms with Crippen LogP contribution >= 0.6 is 0 Å². The van der Waals surface area contributed by atoms with Crippen molar-refractivity contribution in [3.05, 3.63) is 29.8 Å². The molecular formula is C15H23NO3. The number of aliphatic hydroxyl groups excluding tert-OH is 1. The Morgan fingerprint density at radius 1 is 1.42 bits per heavy atom. The molecular weight excluding hydrogens is 242 g/mol. The first kappa shape index (κ1) is 15.5. The number of hydrogen-bond acceptors (Lipinski definition) is 3. The number of rotatable bonds is 7. The molecule has 1 aromatic carbocycles. The van der Waals surface area contributed by atoms with Gasteiger partial charge in [-0.2, -0.15) is 0 Å². The summed E-state index contributed by atoms with van der Waals surface area (Å²) in [6.07, 6.45) is 0.315. The summed E-state index contributed by atoms with van der Waals surface area (Å²) in [6, 6.07) is 7.73. The van der Waals surface area contributed by atoms with E-state index in [1.165, 1.54) is 0 Å². The molecule has 0 aliphatic heterocycles. The number of aryl methyl sites for hydroxylation is 1. The maximum Gasteiger partial charge on any atom is 0.223 e. The summed E-state index contributed by atoms with van der Waals surface area (Å²) >= 11 is 0. The van der Waals surface area contributed by atoms with Gasteiger partial charge in [-0.3, -0.25) is 4.79 Å². The van der Waals surface area contributed by atoms with Crippen molar-refractivity contribution in [2.45, 2.75) is 27.2 Å². The Morgan fingerprint density at radius 3 is 2.79 bits per heavy atom. The monoisotopic (exact) mass is 265 g/mol. The molecule has 0 aliphatic rings. The molecule has 0 aromatic heterocycles. The number of amides is 1. The molecule has 0 atom stereocenters. The highest BCUT2D eigenvalue weighted by atomic mass is 16.5. The predicted octanol–water partition coefficient (Wildman–Crippen LogP) is 1.90. The number of hydrogen-bond donors (Lipinski definition) is 2. The van der Waals surface area contributed by atoms with Crippen LogP contribution in [-0.2, 0) is 4.79 Å². The molecule has 0 heterocycles. The van der Waals surface area contributed by atoms with Gasteiger partial charge in [-0.25, -0.2) is 0 Å². The maximum atomic E-state index is 11.6. The molecule has 0 saturated carbocycles. The van der Waals surface area contributed by atoms with Crippen molar-refractivity contribution < 1.29 is 14.6 Å².